The van der Waals surface area contributed by atoms with Gasteiger partial charge in [-0.3, -0.25) is 4.79 Å². The summed E-state index contributed by atoms with van der Waals surface area (Å²) in [5, 5.41) is 4.33. The Kier molecular flexibility index (Phi) is 3.34. The van der Waals surface area contributed by atoms with Crippen LogP contribution in [0.1, 0.15) is 37.9 Å². The van der Waals surface area contributed by atoms with Crippen molar-refractivity contribution in [1.82, 2.24) is 14.5 Å². The first-order valence-corrected chi connectivity index (χ1v) is 10.0. The van der Waals surface area contributed by atoms with Crippen LogP contribution in [-0.2, 0) is 17.8 Å². The molecule has 2 aromatic heterocycles. The Morgan fingerprint density at radius 2 is 2.17 bits per heavy atom. The quantitative estimate of drug-likeness (QED) is 0.856. The topological polar surface area (TPSA) is 38.1 Å². The van der Waals surface area contributed by atoms with E-state index in [4.69, 9.17) is 4.98 Å². The van der Waals surface area contributed by atoms with Gasteiger partial charge in [0.05, 0.1) is 11.9 Å². The molecule has 0 atom stereocenters. The lowest BCUT2D eigenvalue weighted by Crippen LogP contribution is -2.44. The lowest BCUT2D eigenvalue weighted by Gasteiger charge is -2.39. The van der Waals surface area contributed by atoms with E-state index in [-0.39, 0.29) is 0 Å². The maximum Gasteiger partial charge on any atom is 0.222 e. The molecule has 1 spiro atoms. The zero-order chi connectivity index (χ0) is 16.1. The van der Waals surface area contributed by atoms with E-state index < -0.39 is 0 Å². The SMILES string of the molecule is O=C(CC1CC1)N1CCC2(CC1)Cc1ncc(-c3ccsc3)n1C2. The smallest absolute Gasteiger partial charge is 0.222 e. The minimum absolute atomic E-state index is 0.324. The van der Waals surface area contributed by atoms with Gasteiger partial charge in [-0.15, -0.1) is 0 Å². The molecule has 5 rings (SSSR count). The Morgan fingerprint density at radius 1 is 1.33 bits per heavy atom. The van der Waals surface area contributed by atoms with Crippen molar-refractivity contribution in [2.75, 3.05) is 13.1 Å². The molecule has 1 aliphatic carbocycles. The van der Waals surface area contributed by atoms with Crippen LogP contribution in [0.3, 0.4) is 0 Å². The molecule has 2 fully saturated rings. The normalized spacial score (nSPS) is 22.1. The fraction of sp³-hybridized carbons (Fsp3) is 0.579. The second kappa shape index (κ2) is 5.45. The highest BCUT2D eigenvalue weighted by atomic mass is 32.1. The van der Waals surface area contributed by atoms with Gasteiger partial charge < -0.3 is 9.47 Å². The number of fused-ring (bicyclic) bond motifs is 1. The van der Waals surface area contributed by atoms with E-state index in [1.54, 1.807) is 11.3 Å². The molecule has 4 heterocycles. The van der Waals surface area contributed by atoms with Crippen LogP contribution in [0.5, 0.6) is 0 Å². The van der Waals surface area contributed by atoms with Crippen molar-refractivity contribution in [2.45, 2.75) is 45.1 Å². The number of hydrogen-bond donors (Lipinski definition) is 0. The first-order chi connectivity index (χ1) is 11.7. The predicted octanol–water partition coefficient (Wildman–Crippen LogP) is 3.58. The summed E-state index contributed by atoms with van der Waals surface area (Å²) in [7, 11) is 0. The third-order valence-electron chi connectivity index (χ3n) is 6.12. The summed E-state index contributed by atoms with van der Waals surface area (Å²) in [6, 6.07) is 2.18. The summed E-state index contributed by atoms with van der Waals surface area (Å²) in [6.45, 7) is 2.94. The van der Waals surface area contributed by atoms with E-state index in [9.17, 15) is 4.79 Å². The highest BCUT2D eigenvalue weighted by Crippen LogP contribution is 2.44. The summed E-state index contributed by atoms with van der Waals surface area (Å²) in [4.78, 5) is 19.1. The molecular weight excluding hydrogens is 318 g/mol. The van der Waals surface area contributed by atoms with Gasteiger partial charge in [0, 0.05) is 43.4 Å². The maximum atomic E-state index is 12.3. The van der Waals surface area contributed by atoms with Gasteiger partial charge in [0.2, 0.25) is 5.91 Å². The molecule has 126 valence electrons. The van der Waals surface area contributed by atoms with Crippen molar-refractivity contribution in [2.24, 2.45) is 11.3 Å². The number of carbonyl (C=O) groups is 1. The van der Waals surface area contributed by atoms with Crippen LogP contribution in [0.4, 0.5) is 0 Å². The number of amides is 1. The van der Waals surface area contributed by atoms with E-state index in [1.807, 2.05) is 6.20 Å². The van der Waals surface area contributed by atoms with Gasteiger partial charge in [-0.1, -0.05) is 0 Å². The zero-order valence-electron chi connectivity index (χ0n) is 13.9. The largest absolute Gasteiger partial charge is 0.343 e. The van der Waals surface area contributed by atoms with Crippen molar-refractivity contribution < 1.29 is 4.79 Å². The molecule has 1 saturated heterocycles. The minimum Gasteiger partial charge on any atom is -0.343 e. The van der Waals surface area contributed by atoms with Gasteiger partial charge in [-0.25, -0.2) is 4.98 Å². The molecule has 3 aliphatic rings. The fourth-order valence-corrected chi connectivity index (χ4v) is 5.01. The standard InChI is InChI=1S/C19H23N3OS/c23-18(9-14-1-2-14)21-6-4-19(5-7-21)10-17-20-11-16(22(17)13-19)15-3-8-24-12-15/h3,8,11-12,14H,1-2,4-7,9-10,13H2. The molecule has 4 nitrogen and oxygen atoms in total. The van der Waals surface area contributed by atoms with Crippen molar-refractivity contribution in [3.63, 3.8) is 0 Å². The number of rotatable bonds is 3. The van der Waals surface area contributed by atoms with Crippen molar-refractivity contribution in [3.05, 3.63) is 28.8 Å². The number of likely N-dealkylation sites (tertiary alicyclic amines) is 1. The Hall–Kier alpha value is -1.62. The van der Waals surface area contributed by atoms with Crippen LogP contribution in [0.15, 0.2) is 23.0 Å². The highest BCUT2D eigenvalue weighted by Gasteiger charge is 2.42. The third-order valence-corrected chi connectivity index (χ3v) is 6.80. The molecule has 0 N–H and O–H groups in total. The third kappa shape index (κ3) is 2.50. The van der Waals surface area contributed by atoms with E-state index in [2.05, 4.69) is 26.3 Å². The number of thiophene rings is 1. The van der Waals surface area contributed by atoms with E-state index in [0.717, 1.165) is 45.3 Å². The number of hydrogen-bond acceptors (Lipinski definition) is 3. The molecule has 0 bridgehead atoms. The maximum absolute atomic E-state index is 12.3. The zero-order valence-corrected chi connectivity index (χ0v) is 14.7. The van der Waals surface area contributed by atoms with Gasteiger partial charge in [-0.2, -0.15) is 11.3 Å². The van der Waals surface area contributed by atoms with Crippen LogP contribution < -0.4 is 0 Å². The molecule has 0 radical (unpaired) electrons. The van der Waals surface area contributed by atoms with Gasteiger partial charge in [0.25, 0.3) is 0 Å². The number of nitrogens with zero attached hydrogens (tertiary/aromatic N) is 3. The second-order valence-electron chi connectivity index (χ2n) is 7.86. The second-order valence-corrected chi connectivity index (χ2v) is 8.64. The number of aromatic nitrogens is 2. The molecule has 2 aliphatic heterocycles. The summed E-state index contributed by atoms with van der Waals surface area (Å²) in [5.41, 5.74) is 2.87. The molecule has 0 aromatic carbocycles. The molecule has 1 amide bonds. The minimum atomic E-state index is 0.324. The van der Waals surface area contributed by atoms with Crippen LogP contribution in [0.2, 0.25) is 0 Å². The molecular formula is C19H23N3OS. The molecule has 1 saturated carbocycles. The fourth-order valence-electron chi connectivity index (χ4n) is 4.36. The first kappa shape index (κ1) is 14.7. The van der Waals surface area contributed by atoms with Crippen molar-refractivity contribution in [1.29, 1.82) is 0 Å². The van der Waals surface area contributed by atoms with Crippen LogP contribution in [0.25, 0.3) is 11.3 Å². The first-order valence-electron chi connectivity index (χ1n) is 9.07. The van der Waals surface area contributed by atoms with Crippen molar-refractivity contribution >= 4 is 17.2 Å². The number of carbonyl (C=O) groups excluding carboxylic acids is 1. The molecule has 0 unspecified atom stereocenters. The van der Waals surface area contributed by atoms with Gasteiger partial charge in [0.15, 0.2) is 0 Å². The van der Waals surface area contributed by atoms with E-state index in [1.165, 1.54) is 29.9 Å². The lowest BCUT2D eigenvalue weighted by atomic mass is 9.77. The molecule has 5 heteroatoms. The number of piperidine rings is 1. The van der Waals surface area contributed by atoms with E-state index >= 15 is 0 Å². The average molecular weight is 341 g/mol. The Balaban J connectivity index is 1.28. The predicted molar refractivity (Wildman–Crippen MR) is 94.8 cm³/mol. The van der Waals surface area contributed by atoms with Crippen LogP contribution in [-0.4, -0.2) is 33.4 Å². The summed E-state index contributed by atoms with van der Waals surface area (Å²) in [6.07, 6.45) is 8.65. The monoisotopic (exact) mass is 341 g/mol. The van der Waals surface area contributed by atoms with Crippen molar-refractivity contribution in [3.8, 4) is 11.3 Å². The summed E-state index contributed by atoms with van der Waals surface area (Å²) >= 11 is 1.74. The van der Waals surface area contributed by atoms with Crippen LogP contribution >= 0.6 is 11.3 Å². The van der Waals surface area contributed by atoms with Gasteiger partial charge in [-0.05, 0) is 48.5 Å². The van der Waals surface area contributed by atoms with Gasteiger partial charge >= 0.3 is 0 Å². The molecule has 2 aromatic rings. The Morgan fingerprint density at radius 3 is 2.88 bits per heavy atom. The average Bonchev–Trinajstić information content (AvgIpc) is 2.98. The van der Waals surface area contributed by atoms with E-state index in [0.29, 0.717) is 17.2 Å². The summed E-state index contributed by atoms with van der Waals surface area (Å²) in [5.74, 6) is 2.31. The highest BCUT2D eigenvalue weighted by molar-refractivity contribution is 7.08. The Labute approximate surface area is 146 Å². The lowest BCUT2D eigenvalue weighted by molar-refractivity contribution is -0.133. The number of imidazole rings is 1. The molecule has 24 heavy (non-hydrogen) atoms. The Bertz CT molecular complexity index is 752. The van der Waals surface area contributed by atoms with Gasteiger partial charge in [0.1, 0.15) is 5.82 Å². The van der Waals surface area contributed by atoms with Crippen LogP contribution in [0, 0.1) is 11.3 Å². The summed E-state index contributed by atoms with van der Waals surface area (Å²) < 4.78 is 2.42.